The van der Waals surface area contributed by atoms with Crippen molar-refractivity contribution >= 4 is 5.91 Å². The van der Waals surface area contributed by atoms with Crippen molar-refractivity contribution < 1.29 is 4.79 Å². The smallest absolute Gasteiger partial charge is 0.263 e. The van der Waals surface area contributed by atoms with Crippen molar-refractivity contribution in [1.29, 1.82) is 0 Å². The maximum Gasteiger partial charge on any atom is 0.263 e. The zero-order valence-corrected chi connectivity index (χ0v) is 12.1. The van der Waals surface area contributed by atoms with Crippen molar-refractivity contribution in [2.75, 3.05) is 0 Å². The second-order valence-corrected chi connectivity index (χ2v) is 4.77. The number of hydrogen-bond acceptors (Lipinski definition) is 3. The predicted molar refractivity (Wildman–Crippen MR) is 78.0 cm³/mol. The molecule has 0 spiro atoms. The summed E-state index contributed by atoms with van der Waals surface area (Å²) in [7, 11) is 0. The molecule has 1 unspecified atom stereocenters. The van der Waals surface area contributed by atoms with Crippen LogP contribution in [0.15, 0.2) is 30.3 Å². The van der Waals surface area contributed by atoms with Crippen LogP contribution in [0.3, 0.4) is 0 Å². The Balaban J connectivity index is 2.56. The second kappa shape index (κ2) is 5.88. The molecule has 0 aliphatic heterocycles. The Kier molecular flexibility index (Phi) is 4.20. The summed E-state index contributed by atoms with van der Waals surface area (Å²) in [5, 5.41) is 4.53. The van der Waals surface area contributed by atoms with Gasteiger partial charge < -0.3 is 0 Å². The minimum Gasteiger partial charge on any atom is -0.292 e. The molecule has 20 heavy (non-hydrogen) atoms. The molecule has 5 heteroatoms. The normalized spacial score (nSPS) is 12.2. The number of nitrogens with two attached hydrogens (primary N) is 1. The lowest BCUT2D eigenvalue weighted by atomic mass is 10.1. The molecule has 1 heterocycles. The number of aryl methyl sites for hydroxylation is 1. The summed E-state index contributed by atoms with van der Waals surface area (Å²) in [5.41, 5.74) is 6.23. The Morgan fingerprint density at radius 2 is 2.00 bits per heavy atom. The number of nitrogens with one attached hydrogen (secondary N) is 1. The third kappa shape index (κ3) is 2.44. The van der Waals surface area contributed by atoms with Crippen LogP contribution in [-0.2, 0) is 11.2 Å². The number of carbonyl (C=O) groups is 1. The molecule has 0 saturated heterocycles. The fraction of sp³-hybridized carbons (Fsp3) is 0.333. The molecule has 106 valence electrons. The van der Waals surface area contributed by atoms with Gasteiger partial charge in [-0.25, -0.2) is 5.84 Å². The van der Waals surface area contributed by atoms with E-state index in [9.17, 15) is 4.79 Å². The van der Waals surface area contributed by atoms with Crippen molar-refractivity contribution in [2.45, 2.75) is 33.2 Å². The maximum absolute atomic E-state index is 12.2. The summed E-state index contributed by atoms with van der Waals surface area (Å²) in [6.45, 7) is 6.03. The number of hydrogen-bond donors (Lipinski definition) is 2. The molecule has 1 atom stereocenters. The lowest BCUT2D eigenvalue weighted by Gasteiger charge is -2.18. The van der Waals surface area contributed by atoms with Crippen LogP contribution >= 0.6 is 0 Å². The van der Waals surface area contributed by atoms with Gasteiger partial charge in [0.2, 0.25) is 0 Å². The zero-order valence-electron chi connectivity index (χ0n) is 12.1. The van der Waals surface area contributed by atoms with Crippen molar-refractivity contribution in [3.8, 4) is 0 Å². The van der Waals surface area contributed by atoms with Gasteiger partial charge in [0.1, 0.15) is 0 Å². The molecule has 1 amide bonds. The van der Waals surface area contributed by atoms with E-state index in [0.717, 1.165) is 23.4 Å². The van der Waals surface area contributed by atoms with E-state index in [1.54, 1.807) is 4.68 Å². The van der Waals surface area contributed by atoms with Gasteiger partial charge >= 0.3 is 0 Å². The summed E-state index contributed by atoms with van der Waals surface area (Å²) >= 11 is 0. The molecule has 0 fully saturated rings. The molecule has 1 aromatic heterocycles. The minimum absolute atomic E-state index is 0.274. The molecule has 2 aromatic rings. The SMILES string of the molecule is CCc1c(C)nn(C(C(=O)NN)c2ccccc2)c1C. The molecular weight excluding hydrogens is 252 g/mol. The van der Waals surface area contributed by atoms with Gasteiger partial charge in [0.05, 0.1) is 5.69 Å². The third-order valence-corrected chi connectivity index (χ3v) is 3.58. The first-order valence-electron chi connectivity index (χ1n) is 6.70. The van der Waals surface area contributed by atoms with Gasteiger partial charge in [0, 0.05) is 5.69 Å². The first-order chi connectivity index (χ1) is 9.60. The molecule has 1 aromatic carbocycles. The van der Waals surface area contributed by atoms with Crippen LogP contribution in [0.1, 0.15) is 35.5 Å². The van der Waals surface area contributed by atoms with Gasteiger partial charge in [-0.3, -0.25) is 14.9 Å². The fourth-order valence-electron chi connectivity index (χ4n) is 2.58. The average molecular weight is 272 g/mol. The highest BCUT2D eigenvalue weighted by atomic mass is 16.2. The van der Waals surface area contributed by atoms with Gasteiger partial charge in [0.25, 0.3) is 5.91 Å². The standard InChI is InChI=1S/C15H20N4O/c1-4-13-10(2)18-19(11(13)3)14(15(20)17-16)12-8-6-5-7-9-12/h5-9,14H,4,16H2,1-3H3,(H,17,20). The molecule has 0 saturated carbocycles. The van der Waals surface area contributed by atoms with Crippen LogP contribution in [0, 0.1) is 13.8 Å². The highest BCUT2D eigenvalue weighted by Gasteiger charge is 2.25. The Hall–Kier alpha value is -2.14. The topological polar surface area (TPSA) is 72.9 Å². The first-order valence-corrected chi connectivity index (χ1v) is 6.70. The Morgan fingerprint density at radius 1 is 1.35 bits per heavy atom. The summed E-state index contributed by atoms with van der Waals surface area (Å²) in [6.07, 6.45) is 0.892. The van der Waals surface area contributed by atoms with Crippen molar-refractivity contribution in [3.05, 3.63) is 52.8 Å². The van der Waals surface area contributed by atoms with E-state index in [1.165, 1.54) is 5.56 Å². The van der Waals surface area contributed by atoms with Gasteiger partial charge in [0.15, 0.2) is 6.04 Å². The number of benzene rings is 1. The van der Waals surface area contributed by atoms with E-state index >= 15 is 0 Å². The van der Waals surface area contributed by atoms with E-state index in [1.807, 2.05) is 44.2 Å². The van der Waals surface area contributed by atoms with Crippen LogP contribution in [0.5, 0.6) is 0 Å². The van der Waals surface area contributed by atoms with Gasteiger partial charge in [-0.2, -0.15) is 5.10 Å². The lowest BCUT2D eigenvalue weighted by Crippen LogP contribution is -2.38. The monoisotopic (exact) mass is 272 g/mol. The summed E-state index contributed by atoms with van der Waals surface area (Å²) in [5.74, 6) is 5.06. The van der Waals surface area contributed by atoms with E-state index < -0.39 is 6.04 Å². The molecule has 2 rings (SSSR count). The van der Waals surface area contributed by atoms with Gasteiger partial charge in [-0.15, -0.1) is 0 Å². The Labute approximate surface area is 118 Å². The van der Waals surface area contributed by atoms with E-state index in [0.29, 0.717) is 0 Å². The van der Waals surface area contributed by atoms with Gasteiger partial charge in [-0.1, -0.05) is 37.3 Å². The number of nitrogens with zero attached hydrogens (tertiary/aromatic N) is 2. The van der Waals surface area contributed by atoms with Crippen molar-refractivity contribution in [2.24, 2.45) is 5.84 Å². The van der Waals surface area contributed by atoms with Crippen LogP contribution in [0.25, 0.3) is 0 Å². The summed E-state index contributed by atoms with van der Waals surface area (Å²) < 4.78 is 1.76. The largest absolute Gasteiger partial charge is 0.292 e. The molecular formula is C15H20N4O. The molecule has 5 nitrogen and oxygen atoms in total. The van der Waals surface area contributed by atoms with Crippen molar-refractivity contribution in [1.82, 2.24) is 15.2 Å². The molecule has 0 aliphatic rings. The average Bonchev–Trinajstić information content (AvgIpc) is 2.74. The van der Waals surface area contributed by atoms with Crippen LogP contribution in [0.2, 0.25) is 0 Å². The number of rotatable bonds is 4. The molecule has 0 aliphatic carbocycles. The lowest BCUT2D eigenvalue weighted by molar-refractivity contribution is -0.123. The zero-order chi connectivity index (χ0) is 14.7. The maximum atomic E-state index is 12.2. The van der Waals surface area contributed by atoms with Crippen LogP contribution in [-0.4, -0.2) is 15.7 Å². The molecule has 0 bridgehead atoms. The van der Waals surface area contributed by atoms with E-state index in [4.69, 9.17) is 5.84 Å². The first kappa shape index (κ1) is 14.3. The summed E-state index contributed by atoms with van der Waals surface area (Å²) in [4.78, 5) is 12.2. The predicted octanol–water partition coefficient (Wildman–Crippen LogP) is 1.64. The van der Waals surface area contributed by atoms with Crippen LogP contribution < -0.4 is 11.3 Å². The number of aromatic nitrogens is 2. The van der Waals surface area contributed by atoms with Crippen molar-refractivity contribution in [3.63, 3.8) is 0 Å². The minimum atomic E-state index is -0.541. The fourth-order valence-corrected chi connectivity index (χ4v) is 2.58. The second-order valence-electron chi connectivity index (χ2n) is 4.77. The third-order valence-electron chi connectivity index (χ3n) is 3.58. The van der Waals surface area contributed by atoms with E-state index in [-0.39, 0.29) is 5.91 Å². The number of carbonyl (C=O) groups excluding carboxylic acids is 1. The van der Waals surface area contributed by atoms with Crippen LogP contribution in [0.4, 0.5) is 0 Å². The number of amides is 1. The quantitative estimate of drug-likeness (QED) is 0.505. The molecule has 0 radical (unpaired) electrons. The van der Waals surface area contributed by atoms with E-state index in [2.05, 4.69) is 17.4 Å². The highest BCUT2D eigenvalue weighted by molar-refractivity contribution is 5.83. The Morgan fingerprint density at radius 3 is 2.50 bits per heavy atom. The number of hydrazine groups is 1. The highest BCUT2D eigenvalue weighted by Crippen LogP contribution is 2.23. The Bertz CT molecular complexity index is 604. The summed E-state index contributed by atoms with van der Waals surface area (Å²) in [6, 6.07) is 8.99. The van der Waals surface area contributed by atoms with Gasteiger partial charge in [-0.05, 0) is 31.4 Å². The molecule has 3 N–H and O–H groups in total.